The molecule has 2 aliphatic rings. The van der Waals surface area contributed by atoms with Crippen LogP contribution in [0.3, 0.4) is 0 Å². The van der Waals surface area contributed by atoms with Crippen molar-refractivity contribution in [3.63, 3.8) is 0 Å². The minimum Gasteiger partial charge on any atom is -0.383 e. The average molecular weight is 310 g/mol. The first-order chi connectivity index (χ1) is 10.6. The van der Waals surface area contributed by atoms with Crippen molar-refractivity contribution in [3.8, 4) is 0 Å². The van der Waals surface area contributed by atoms with Gasteiger partial charge in [0, 0.05) is 26.1 Å². The highest BCUT2D eigenvalue weighted by molar-refractivity contribution is 5.89. The molecule has 0 aromatic rings. The van der Waals surface area contributed by atoms with Crippen molar-refractivity contribution in [2.75, 3.05) is 20.3 Å². The van der Waals surface area contributed by atoms with Crippen LogP contribution in [0, 0.1) is 5.92 Å². The molecule has 2 rings (SSSR count). The first kappa shape index (κ1) is 17.3. The van der Waals surface area contributed by atoms with Crippen LogP contribution in [0.15, 0.2) is 0 Å². The van der Waals surface area contributed by atoms with E-state index < -0.39 is 0 Å². The number of ether oxygens (including phenoxy) is 1. The first-order valence-corrected chi connectivity index (χ1v) is 8.70. The molecular weight excluding hydrogens is 280 g/mol. The van der Waals surface area contributed by atoms with Gasteiger partial charge in [0.1, 0.15) is 0 Å². The zero-order valence-electron chi connectivity index (χ0n) is 14.0. The van der Waals surface area contributed by atoms with Crippen LogP contribution < -0.4 is 5.32 Å². The lowest BCUT2D eigenvalue weighted by Gasteiger charge is -2.25. The van der Waals surface area contributed by atoms with Crippen molar-refractivity contribution in [1.82, 2.24) is 10.2 Å². The maximum Gasteiger partial charge on any atom is 0.225 e. The van der Waals surface area contributed by atoms with Gasteiger partial charge in [-0.05, 0) is 19.8 Å². The number of carbonyl (C=O) groups is 2. The van der Waals surface area contributed by atoms with Crippen LogP contribution in [0.25, 0.3) is 0 Å². The molecule has 1 N–H and O–H groups in total. The second-order valence-electron chi connectivity index (χ2n) is 6.80. The number of carbonyl (C=O) groups excluding carboxylic acids is 2. The highest BCUT2D eigenvalue weighted by Gasteiger charge is 2.37. The summed E-state index contributed by atoms with van der Waals surface area (Å²) < 4.78 is 5.11. The number of hydrogen-bond donors (Lipinski definition) is 1. The van der Waals surface area contributed by atoms with Crippen molar-refractivity contribution < 1.29 is 14.3 Å². The molecule has 2 atom stereocenters. The van der Waals surface area contributed by atoms with E-state index in [9.17, 15) is 9.59 Å². The molecule has 22 heavy (non-hydrogen) atoms. The van der Waals surface area contributed by atoms with Gasteiger partial charge in [0.05, 0.1) is 18.6 Å². The maximum atomic E-state index is 12.5. The lowest BCUT2D eigenvalue weighted by atomic mass is 9.96. The second-order valence-corrected chi connectivity index (χ2v) is 6.80. The van der Waals surface area contributed by atoms with Gasteiger partial charge in [-0.3, -0.25) is 9.59 Å². The number of nitrogens with zero attached hydrogens (tertiary/aromatic N) is 1. The standard InChI is InChI=1S/C17H30N2O3/c1-13(12-22-2)19-11-14(10-16(19)20)17(21)18-15-8-6-4-3-5-7-9-15/h13-15H,3-12H2,1-2H3,(H,18,21)/t13-,14-/m0/s1. The predicted octanol–water partition coefficient (Wildman–Crippen LogP) is 2.10. The van der Waals surface area contributed by atoms with Gasteiger partial charge >= 0.3 is 0 Å². The van der Waals surface area contributed by atoms with Crippen LogP contribution in [0.5, 0.6) is 0 Å². The Balaban J connectivity index is 1.83. The topological polar surface area (TPSA) is 58.6 Å². The van der Waals surface area contributed by atoms with Crippen molar-refractivity contribution in [1.29, 1.82) is 0 Å². The summed E-state index contributed by atoms with van der Waals surface area (Å²) in [5, 5.41) is 3.19. The van der Waals surface area contributed by atoms with E-state index in [1.54, 1.807) is 12.0 Å². The fourth-order valence-electron chi connectivity index (χ4n) is 3.58. The molecule has 0 unspecified atom stereocenters. The normalized spacial score (nSPS) is 25.6. The average Bonchev–Trinajstić information content (AvgIpc) is 2.84. The molecule has 126 valence electrons. The molecule has 1 heterocycles. The molecule has 0 aromatic heterocycles. The van der Waals surface area contributed by atoms with Gasteiger partial charge in [-0.2, -0.15) is 0 Å². The summed E-state index contributed by atoms with van der Waals surface area (Å²) in [6.07, 6.45) is 8.77. The molecule has 5 nitrogen and oxygen atoms in total. The van der Waals surface area contributed by atoms with Crippen LogP contribution in [-0.4, -0.2) is 49.1 Å². The Morgan fingerprint density at radius 3 is 2.55 bits per heavy atom. The lowest BCUT2D eigenvalue weighted by Crippen LogP contribution is -2.41. The van der Waals surface area contributed by atoms with Crippen molar-refractivity contribution in [2.45, 2.75) is 70.4 Å². The van der Waals surface area contributed by atoms with Gasteiger partial charge in [0.25, 0.3) is 0 Å². The van der Waals surface area contributed by atoms with Gasteiger partial charge in [0.2, 0.25) is 11.8 Å². The Morgan fingerprint density at radius 1 is 1.27 bits per heavy atom. The van der Waals surface area contributed by atoms with Crippen LogP contribution >= 0.6 is 0 Å². The van der Waals surface area contributed by atoms with E-state index in [0.717, 1.165) is 12.8 Å². The zero-order valence-corrected chi connectivity index (χ0v) is 14.0. The number of hydrogen-bond acceptors (Lipinski definition) is 3. The van der Waals surface area contributed by atoms with E-state index in [2.05, 4.69) is 5.32 Å². The Hall–Kier alpha value is -1.10. The summed E-state index contributed by atoms with van der Waals surface area (Å²) in [6, 6.07) is 0.338. The molecule has 0 bridgehead atoms. The SMILES string of the molecule is COC[C@H](C)N1C[C@@H](C(=O)NC2CCCCCCC2)CC1=O. The monoisotopic (exact) mass is 310 g/mol. The predicted molar refractivity (Wildman–Crippen MR) is 85.4 cm³/mol. The second kappa shape index (κ2) is 8.51. The fraction of sp³-hybridized carbons (Fsp3) is 0.882. The molecule has 5 heteroatoms. The molecule has 0 aromatic carbocycles. The van der Waals surface area contributed by atoms with E-state index in [4.69, 9.17) is 4.74 Å². The lowest BCUT2D eigenvalue weighted by molar-refractivity contribution is -0.130. The van der Waals surface area contributed by atoms with Crippen LogP contribution in [0.2, 0.25) is 0 Å². The summed E-state index contributed by atoms with van der Waals surface area (Å²) >= 11 is 0. The number of rotatable bonds is 5. The number of likely N-dealkylation sites (tertiary alicyclic amines) is 1. The quantitative estimate of drug-likeness (QED) is 0.846. The largest absolute Gasteiger partial charge is 0.383 e. The molecular formula is C17H30N2O3. The summed E-state index contributed by atoms with van der Waals surface area (Å²) in [7, 11) is 1.63. The first-order valence-electron chi connectivity index (χ1n) is 8.70. The summed E-state index contributed by atoms with van der Waals surface area (Å²) in [6.45, 7) is 3.01. The summed E-state index contributed by atoms with van der Waals surface area (Å²) in [4.78, 5) is 26.3. The smallest absolute Gasteiger partial charge is 0.225 e. The van der Waals surface area contributed by atoms with Crippen molar-refractivity contribution >= 4 is 11.8 Å². The van der Waals surface area contributed by atoms with E-state index in [1.165, 1.54) is 32.1 Å². The third-order valence-electron chi connectivity index (χ3n) is 4.92. The minimum atomic E-state index is -0.197. The van der Waals surface area contributed by atoms with Crippen molar-refractivity contribution in [3.05, 3.63) is 0 Å². The van der Waals surface area contributed by atoms with Gasteiger partial charge in [-0.15, -0.1) is 0 Å². The molecule has 2 fully saturated rings. The van der Waals surface area contributed by atoms with Crippen LogP contribution in [-0.2, 0) is 14.3 Å². The Labute approximate surface area is 133 Å². The molecule has 1 saturated heterocycles. The van der Waals surface area contributed by atoms with E-state index in [-0.39, 0.29) is 23.8 Å². The number of nitrogens with one attached hydrogen (secondary N) is 1. The minimum absolute atomic E-state index is 0.0386. The molecule has 1 saturated carbocycles. The van der Waals surface area contributed by atoms with E-state index >= 15 is 0 Å². The molecule has 1 aliphatic carbocycles. The zero-order chi connectivity index (χ0) is 15.9. The fourth-order valence-corrected chi connectivity index (χ4v) is 3.58. The van der Waals surface area contributed by atoms with Crippen LogP contribution in [0.1, 0.15) is 58.3 Å². The van der Waals surface area contributed by atoms with E-state index in [0.29, 0.717) is 25.6 Å². The third-order valence-corrected chi connectivity index (χ3v) is 4.92. The van der Waals surface area contributed by atoms with E-state index in [1.807, 2.05) is 6.92 Å². The molecule has 0 radical (unpaired) electrons. The third kappa shape index (κ3) is 4.70. The van der Waals surface area contributed by atoms with Gasteiger partial charge in [-0.25, -0.2) is 0 Å². The number of methoxy groups -OCH3 is 1. The summed E-state index contributed by atoms with van der Waals surface area (Å²) in [5.74, 6) is -0.0642. The summed E-state index contributed by atoms with van der Waals surface area (Å²) in [5.41, 5.74) is 0. The maximum absolute atomic E-state index is 12.5. The van der Waals surface area contributed by atoms with Crippen molar-refractivity contribution in [2.24, 2.45) is 5.92 Å². The van der Waals surface area contributed by atoms with Gasteiger partial charge in [-0.1, -0.05) is 32.1 Å². The van der Waals surface area contributed by atoms with Gasteiger partial charge < -0.3 is 15.0 Å². The number of amides is 2. The highest BCUT2D eigenvalue weighted by Crippen LogP contribution is 2.22. The van der Waals surface area contributed by atoms with Crippen LogP contribution in [0.4, 0.5) is 0 Å². The Morgan fingerprint density at radius 2 is 1.91 bits per heavy atom. The molecule has 0 spiro atoms. The van der Waals surface area contributed by atoms with Gasteiger partial charge in [0.15, 0.2) is 0 Å². The highest BCUT2D eigenvalue weighted by atomic mass is 16.5. The Bertz CT molecular complexity index is 378. The molecule has 2 amide bonds. The Kier molecular flexibility index (Phi) is 6.68. The molecule has 1 aliphatic heterocycles.